The highest BCUT2D eigenvalue weighted by molar-refractivity contribution is 5.63. The van der Waals surface area contributed by atoms with Crippen LogP contribution in [0.3, 0.4) is 0 Å². The predicted molar refractivity (Wildman–Crippen MR) is 53.7 cm³/mol. The predicted octanol–water partition coefficient (Wildman–Crippen LogP) is 2.86. The van der Waals surface area contributed by atoms with Crippen LogP contribution in [0.5, 0.6) is 0 Å². The van der Waals surface area contributed by atoms with Gasteiger partial charge in [-0.25, -0.2) is 4.79 Å². The van der Waals surface area contributed by atoms with Gasteiger partial charge in [-0.15, -0.1) is 0 Å². The summed E-state index contributed by atoms with van der Waals surface area (Å²) in [6, 6.07) is 5.61. The standard InChI is InChI=1S/C11H11NO/c1-3-9-6-5-7-11(12-8-13)10(9)4-2/h3,5-7H,1,4H2,2H3. The van der Waals surface area contributed by atoms with Crippen molar-refractivity contribution in [3.63, 3.8) is 0 Å². The molecule has 0 aliphatic heterocycles. The van der Waals surface area contributed by atoms with Gasteiger partial charge in [-0.2, -0.15) is 4.99 Å². The van der Waals surface area contributed by atoms with Gasteiger partial charge in [0.2, 0.25) is 6.08 Å². The summed E-state index contributed by atoms with van der Waals surface area (Å²) in [6.07, 6.45) is 4.15. The Hall–Kier alpha value is -1.66. The highest BCUT2D eigenvalue weighted by Gasteiger charge is 2.02. The first-order valence-corrected chi connectivity index (χ1v) is 4.15. The van der Waals surface area contributed by atoms with Gasteiger partial charge < -0.3 is 0 Å². The van der Waals surface area contributed by atoms with E-state index in [-0.39, 0.29) is 0 Å². The molecule has 66 valence electrons. The first-order valence-electron chi connectivity index (χ1n) is 4.15. The molecule has 0 aromatic heterocycles. The van der Waals surface area contributed by atoms with E-state index in [9.17, 15) is 4.79 Å². The van der Waals surface area contributed by atoms with Crippen LogP contribution in [-0.4, -0.2) is 6.08 Å². The fourth-order valence-corrected chi connectivity index (χ4v) is 1.32. The Balaban J connectivity index is 3.34. The van der Waals surface area contributed by atoms with Gasteiger partial charge >= 0.3 is 0 Å². The SMILES string of the molecule is C=Cc1cccc(N=C=O)c1CC. The fourth-order valence-electron chi connectivity index (χ4n) is 1.32. The van der Waals surface area contributed by atoms with E-state index in [1.54, 1.807) is 18.2 Å². The van der Waals surface area contributed by atoms with Crippen molar-refractivity contribution in [3.8, 4) is 0 Å². The molecule has 0 N–H and O–H groups in total. The summed E-state index contributed by atoms with van der Waals surface area (Å²) in [4.78, 5) is 13.8. The number of carbonyl (C=O) groups excluding carboxylic acids is 1. The smallest absolute Gasteiger partial charge is 0.211 e. The number of nitrogens with zero attached hydrogens (tertiary/aromatic N) is 1. The molecule has 0 atom stereocenters. The summed E-state index contributed by atoms with van der Waals surface area (Å²) in [5.41, 5.74) is 2.76. The molecule has 1 aromatic rings. The molecule has 0 saturated carbocycles. The summed E-state index contributed by atoms with van der Waals surface area (Å²) in [6.45, 7) is 5.72. The maximum atomic E-state index is 10.1. The molecule has 0 fully saturated rings. The normalized spacial score (nSPS) is 9.00. The van der Waals surface area contributed by atoms with Crippen LogP contribution < -0.4 is 0 Å². The third-order valence-corrected chi connectivity index (χ3v) is 1.93. The lowest BCUT2D eigenvalue weighted by Gasteiger charge is -2.04. The van der Waals surface area contributed by atoms with Crippen molar-refractivity contribution in [2.45, 2.75) is 13.3 Å². The van der Waals surface area contributed by atoms with E-state index >= 15 is 0 Å². The first kappa shape index (κ1) is 9.43. The first-order chi connectivity index (χ1) is 6.33. The lowest BCUT2D eigenvalue weighted by Crippen LogP contribution is -1.86. The van der Waals surface area contributed by atoms with Crippen LogP contribution in [0.2, 0.25) is 0 Å². The number of hydrogen-bond donors (Lipinski definition) is 0. The Bertz CT molecular complexity index is 362. The average Bonchev–Trinajstić information content (AvgIpc) is 2.18. The van der Waals surface area contributed by atoms with Crippen LogP contribution in [0, 0.1) is 0 Å². The zero-order valence-corrected chi connectivity index (χ0v) is 7.58. The van der Waals surface area contributed by atoms with E-state index in [4.69, 9.17) is 0 Å². The molecule has 0 bridgehead atoms. The largest absolute Gasteiger partial charge is 0.240 e. The van der Waals surface area contributed by atoms with E-state index in [0.717, 1.165) is 17.5 Å². The third-order valence-electron chi connectivity index (χ3n) is 1.93. The summed E-state index contributed by atoms with van der Waals surface area (Å²) >= 11 is 0. The number of hydrogen-bond acceptors (Lipinski definition) is 2. The van der Waals surface area contributed by atoms with E-state index in [2.05, 4.69) is 11.6 Å². The molecule has 0 radical (unpaired) electrons. The van der Waals surface area contributed by atoms with Gasteiger partial charge in [-0.05, 0) is 23.6 Å². The van der Waals surface area contributed by atoms with Crippen LogP contribution >= 0.6 is 0 Å². The maximum absolute atomic E-state index is 10.1. The Morgan fingerprint density at radius 2 is 2.38 bits per heavy atom. The van der Waals surface area contributed by atoms with Crippen molar-refractivity contribution in [3.05, 3.63) is 35.9 Å². The molecule has 0 aliphatic rings. The Morgan fingerprint density at radius 3 is 2.92 bits per heavy atom. The molecule has 0 spiro atoms. The Morgan fingerprint density at radius 1 is 1.62 bits per heavy atom. The molecule has 0 unspecified atom stereocenters. The summed E-state index contributed by atoms with van der Waals surface area (Å²) in [7, 11) is 0. The third kappa shape index (κ3) is 1.92. The van der Waals surface area contributed by atoms with Gasteiger partial charge in [0.1, 0.15) is 0 Å². The highest BCUT2D eigenvalue weighted by atomic mass is 16.1. The molecule has 13 heavy (non-hydrogen) atoms. The molecule has 2 nitrogen and oxygen atoms in total. The van der Waals surface area contributed by atoms with Crippen molar-refractivity contribution >= 4 is 17.8 Å². The molecule has 0 heterocycles. The lowest BCUT2D eigenvalue weighted by atomic mass is 10.0. The second-order valence-corrected chi connectivity index (χ2v) is 2.61. The molecule has 0 aliphatic carbocycles. The Labute approximate surface area is 77.6 Å². The maximum Gasteiger partial charge on any atom is 0.240 e. The molecular formula is C11H11NO. The quantitative estimate of drug-likeness (QED) is 0.510. The van der Waals surface area contributed by atoms with Crippen LogP contribution in [0.4, 0.5) is 5.69 Å². The minimum atomic E-state index is 0.690. The van der Waals surface area contributed by atoms with E-state index in [1.165, 1.54) is 0 Å². The monoisotopic (exact) mass is 173 g/mol. The van der Waals surface area contributed by atoms with Crippen molar-refractivity contribution in [1.82, 2.24) is 0 Å². The second-order valence-electron chi connectivity index (χ2n) is 2.61. The molecule has 1 rings (SSSR count). The zero-order valence-electron chi connectivity index (χ0n) is 7.58. The van der Waals surface area contributed by atoms with Gasteiger partial charge in [0.05, 0.1) is 5.69 Å². The van der Waals surface area contributed by atoms with Crippen LogP contribution in [0.1, 0.15) is 18.1 Å². The highest BCUT2D eigenvalue weighted by Crippen LogP contribution is 2.23. The molecule has 1 aromatic carbocycles. The van der Waals surface area contributed by atoms with Crippen LogP contribution in [0.15, 0.2) is 29.8 Å². The molecule has 2 heteroatoms. The van der Waals surface area contributed by atoms with Gasteiger partial charge in [-0.1, -0.05) is 31.7 Å². The Kier molecular flexibility index (Phi) is 3.18. The van der Waals surface area contributed by atoms with E-state index in [1.807, 2.05) is 19.1 Å². The lowest BCUT2D eigenvalue weighted by molar-refractivity contribution is 0.565. The van der Waals surface area contributed by atoms with Crippen molar-refractivity contribution in [2.75, 3.05) is 0 Å². The van der Waals surface area contributed by atoms with E-state index in [0.29, 0.717) is 5.69 Å². The molecule has 0 amide bonds. The topological polar surface area (TPSA) is 29.4 Å². The van der Waals surface area contributed by atoms with Gasteiger partial charge in [-0.3, -0.25) is 0 Å². The average molecular weight is 173 g/mol. The minimum absolute atomic E-state index is 0.690. The molecule has 0 saturated heterocycles. The van der Waals surface area contributed by atoms with Crippen molar-refractivity contribution in [2.24, 2.45) is 4.99 Å². The van der Waals surface area contributed by atoms with Crippen LogP contribution in [-0.2, 0) is 11.2 Å². The zero-order chi connectivity index (χ0) is 9.68. The number of rotatable bonds is 3. The van der Waals surface area contributed by atoms with Crippen molar-refractivity contribution in [1.29, 1.82) is 0 Å². The van der Waals surface area contributed by atoms with Gasteiger partial charge in [0, 0.05) is 0 Å². The fraction of sp³-hybridized carbons (Fsp3) is 0.182. The van der Waals surface area contributed by atoms with Crippen LogP contribution in [0.25, 0.3) is 6.08 Å². The van der Waals surface area contributed by atoms with E-state index < -0.39 is 0 Å². The van der Waals surface area contributed by atoms with Gasteiger partial charge in [0.15, 0.2) is 0 Å². The summed E-state index contributed by atoms with van der Waals surface area (Å²) < 4.78 is 0. The molecular weight excluding hydrogens is 162 g/mol. The van der Waals surface area contributed by atoms with Gasteiger partial charge in [0.25, 0.3) is 0 Å². The van der Waals surface area contributed by atoms with Crippen molar-refractivity contribution < 1.29 is 4.79 Å². The second kappa shape index (κ2) is 4.39. The summed E-state index contributed by atoms with van der Waals surface area (Å²) in [5.74, 6) is 0. The number of aliphatic imine (C=N–C) groups is 1. The summed E-state index contributed by atoms with van der Waals surface area (Å²) in [5, 5.41) is 0. The minimum Gasteiger partial charge on any atom is -0.211 e. The number of benzene rings is 1. The number of isocyanates is 1.